The Kier molecular flexibility index (Phi) is 5.96. The summed E-state index contributed by atoms with van der Waals surface area (Å²) >= 11 is 2.23. The van der Waals surface area contributed by atoms with E-state index in [2.05, 4.69) is 27.9 Å². The first-order valence-electron chi connectivity index (χ1n) is 8.86. The van der Waals surface area contributed by atoms with Crippen molar-refractivity contribution in [3.8, 4) is 0 Å². The Morgan fingerprint density at radius 3 is 2.42 bits per heavy atom. The molecule has 0 aromatic heterocycles. The molecule has 1 unspecified atom stereocenters. The normalized spacial score (nSPS) is 16.3. The van der Waals surface area contributed by atoms with Gasteiger partial charge in [-0.3, -0.25) is 9.59 Å². The zero-order valence-electron chi connectivity index (χ0n) is 15.0. The van der Waals surface area contributed by atoms with Gasteiger partial charge in [-0.25, -0.2) is 0 Å². The molecule has 2 aromatic carbocycles. The molecule has 2 aromatic rings. The number of amides is 2. The van der Waals surface area contributed by atoms with E-state index in [0.29, 0.717) is 19.4 Å². The molecule has 0 aliphatic carbocycles. The Morgan fingerprint density at radius 1 is 1.12 bits per heavy atom. The summed E-state index contributed by atoms with van der Waals surface area (Å²) in [5.41, 5.74) is 3.03. The summed E-state index contributed by atoms with van der Waals surface area (Å²) in [4.78, 5) is 27.5. The lowest BCUT2D eigenvalue weighted by atomic mass is 9.92. The van der Waals surface area contributed by atoms with Crippen LogP contribution in [0.2, 0.25) is 0 Å². The quantitative estimate of drug-likeness (QED) is 0.692. The van der Waals surface area contributed by atoms with E-state index in [1.54, 1.807) is 4.90 Å². The number of hydrogen-bond acceptors (Lipinski definition) is 2. The molecule has 0 bridgehead atoms. The summed E-state index contributed by atoms with van der Waals surface area (Å²) in [6.07, 6.45) is 1.01. The van der Waals surface area contributed by atoms with Gasteiger partial charge in [0.1, 0.15) is 6.04 Å². The van der Waals surface area contributed by atoms with Crippen molar-refractivity contribution in [1.82, 2.24) is 4.90 Å². The van der Waals surface area contributed by atoms with Gasteiger partial charge in [0.2, 0.25) is 11.8 Å². The van der Waals surface area contributed by atoms with E-state index in [0.717, 1.165) is 20.4 Å². The van der Waals surface area contributed by atoms with Crippen LogP contribution in [0.3, 0.4) is 0 Å². The third-order valence-corrected chi connectivity index (χ3v) is 5.29. The molecule has 2 amide bonds. The fraction of sp³-hybridized carbons (Fsp3) is 0.333. The highest BCUT2D eigenvalue weighted by Gasteiger charge is 2.34. The van der Waals surface area contributed by atoms with E-state index in [4.69, 9.17) is 0 Å². The molecule has 1 heterocycles. The number of nitrogens with zero attached hydrogens (tertiary/aromatic N) is 1. The molecule has 1 N–H and O–H groups in total. The average Bonchev–Trinajstić information content (AvgIpc) is 2.62. The number of nitrogens with one attached hydrogen (secondary N) is 1. The number of benzene rings is 2. The van der Waals surface area contributed by atoms with Gasteiger partial charge in [-0.15, -0.1) is 0 Å². The lowest BCUT2D eigenvalue weighted by Crippen LogP contribution is -2.50. The number of carbonyl (C=O) groups is 2. The smallest absolute Gasteiger partial charge is 0.247 e. The topological polar surface area (TPSA) is 49.4 Å². The van der Waals surface area contributed by atoms with Crippen molar-refractivity contribution in [2.24, 2.45) is 5.92 Å². The Hall–Kier alpha value is -1.89. The number of fused-ring (bicyclic) bond motifs is 1. The Balaban J connectivity index is 1.84. The van der Waals surface area contributed by atoms with Gasteiger partial charge in [-0.2, -0.15) is 0 Å². The third kappa shape index (κ3) is 4.44. The van der Waals surface area contributed by atoms with Crippen LogP contribution in [-0.4, -0.2) is 22.8 Å². The minimum atomic E-state index is -0.476. The highest BCUT2D eigenvalue weighted by Crippen LogP contribution is 2.26. The molecule has 1 atom stereocenters. The molecule has 0 spiro atoms. The molecular formula is C21H23IN2O2. The lowest BCUT2D eigenvalue weighted by molar-refractivity contribution is -0.140. The Labute approximate surface area is 168 Å². The van der Waals surface area contributed by atoms with Gasteiger partial charge in [0, 0.05) is 28.6 Å². The highest BCUT2D eigenvalue weighted by molar-refractivity contribution is 14.1. The van der Waals surface area contributed by atoms with Crippen LogP contribution in [0.4, 0.5) is 5.69 Å². The molecule has 0 saturated carbocycles. The maximum atomic E-state index is 13.0. The fourth-order valence-electron chi connectivity index (χ4n) is 3.24. The monoisotopic (exact) mass is 462 g/mol. The second-order valence-electron chi connectivity index (χ2n) is 7.10. The van der Waals surface area contributed by atoms with E-state index in [1.807, 2.05) is 62.4 Å². The van der Waals surface area contributed by atoms with E-state index in [-0.39, 0.29) is 17.7 Å². The molecule has 5 heteroatoms. The van der Waals surface area contributed by atoms with Crippen LogP contribution in [0.5, 0.6) is 0 Å². The van der Waals surface area contributed by atoms with Crippen LogP contribution in [0.25, 0.3) is 0 Å². The maximum absolute atomic E-state index is 13.0. The van der Waals surface area contributed by atoms with Gasteiger partial charge in [-0.1, -0.05) is 38.1 Å². The zero-order valence-corrected chi connectivity index (χ0v) is 17.2. The molecule has 0 saturated heterocycles. The summed E-state index contributed by atoms with van der Waals surface area (Å²) in [7, 11) is 0. The summed E-state index contributed by atoms with van der Waals surface area (Å²) in [5, 5.41) is 2.97. The molecule has 0 radical (unpaired) electrons. The lowest BCUT2D eigenvalue weighted by Gasteiger charge is -2.36. The van der Waals surface area contributed by atoms with Gasteiger partial charge in [0.25, 0.3) is 0 Å². The van der Waals surface area contributed by atoms with Crippen molar-refractivity contribution in [2.75, 3.05) is 5.32 Å². The molecule has 1 aliphatic rings. The molecular weight excluding hydrogens is 439 g/mol. The first-order valence-corrected chi connectivity index (χ1v) is 9.94. The van der Waals surface area contributed by atoms with Gasteiger partial charge in [0.15, 0.2) is 0 Å². The fourth-order valence-corrected chi connectivity index (χ4v) is 3.60. The number of rotatable bonds is 4. The second kappa shape index (κ2) is 8.20. The predicted molar refractivity (Wildman–Crippen MR) is 112 cm³/mol. The summed E-state index contributed by atoms with van der Waals surface area (Å²) in [6.45, 7) is 4.54. The summed E-state index contributed by atoms with van der Waals surface area (Å²) in [6, 6.07) is 15.3. The number of hydrogen-bond donors (Lipinski definition) is 1. The van der Waals surface area contributed by atoms with Crippen molar-refractivity contribution in [2.45, 2.75) is 39.3 Å². The van der Waals surface area contributed by atoms with Crippen molar-refractivity contribution < 1.29 is 9.59 Å². The standard InChI is InChI=1S/C21H23IN2O2/c1-14(2)11-20(25)24-13-16-6-4-3-5-15(16)12-19(24)21(26)23-18-9-7-17(22)8-10-18/h3-10,14,19H,11-13H2,1-2H3,(H,23,26). The molecule has 4 nitrogen and oxygen atoms in total. The average molecular weight is 462 g/mol. The zero-order chi connectivity index (χ0) is 18.7. The highest BCUT2D eigenvalue weighted by atomic mass is 127. The van der Waals surface area contributed by atoms with Gasteiger partial charge >= 0.3 is 0 Å². The predicted octanol–water partition coefficient (Wildman–Crippen LogP) is 4.23. The minimum Gasteiger partial charge on any atom is -0.326 e. The van der Waals surface area contributed by atoms with Crippen LogP contribution in [0.1, 0.15) is 31.4 Å². The van der Waals surface area contributed by atoms with Gasteiger partial charge in [0.05, 0.1) is 0 Å². The van der Waals surface area contributed by atoms with Crippen LogP contribution >= 0.6 is 22.6 Å². The van der Waals surface area contributed by atoms with Crippen molar-refractivity contribution in [3.63, 3.8) is 0 Å². The van der Waals surface area contributed by atoms with E-state index in [1.165, 1.54) is 0 Å². The van der Waals surface area contributed by atoms with E-state index >= 15 is 0 Å². The molecule has 26 heavy (non-hydrogen) atoms. The molecule has 1 aliphatic heterocycles. The summed E-state index contributed by atoms with van der Waals surface area (Å²) in [5.74, 6) is 0.176. The summed E-state index contributed by atoms with van der Waals surface area (Å²) < 4.78 is 1.11. The molecule has 0 fully saturated rings. The van der Waals surface area contributed by atoms with Crippen LogP contribution in [0.15, 0.2) is 48.5 Å². The number of halogens is 1. The first kappa shape index (κ1) is 18.9. The molecule has 3 rings (SSSR count). The van der Waals surface area contributed by atoms with E-state index in [9.17, 15) is 9.59 Å². The minimum absolute atomic E-state index is 0.0391. The second-order valence-corrected chi connectivity index (χ2v) is 8.35. The maximum Gasteiger partial charge on any atom is 0.247 e. The van der Waals surface area contributed by atoms with E-state index < -0.39 is 6.04 Å². The van der Waals surface area contributed by atoms with Crippen LogP contribution < -0.4 is 5.32 Å². The van der Waals surface area contributed by atoms with Crippen LogP contribution in [-0.2, 0) is 22.6 Å². The van der Waals surface area contributed by atoms with Crippen molar-refractivity contribution >= 4 is 40.1 Å². The Morgan fingerprint density at radius 2 is 1.77 bits per heavy atom. The Bertz CT molecular complexity index is 802. The van der Waals surface area contributed by atoms with Gasteiger partial charge in [-0.05, 0) is 63.9 Å². The number of anilines is 1. The largest absolute Gasteiger partial charge is 0.326 e. The first-order chi connectivity index (χ1) is 12.4. The van der Waals surface area contributed by atoms with Crippen LogP contribution in [0, 0.1) is 9.49 Å². The van der Waals surface area contributed by atoms with Gasteiger partial charge < -0.3 is 10.2 Å². The molecule has 136 valence electrons. The van der Waals surface area contributed by atoms with Crippen molar-refractivity contribution in [3.05, 3.63) is 63.2 Å². The van der Waals surface area contributed by atoms with Crippen molar-refractivity contribution in [1.29, 1.82) is 0 Å². The SMILES string of the molecule is CC(C)CC(=O)N1Cc2ccccc2CC1C(=O)Nc1ccc(I)cc1. The third-order valence-electron chi connectivity index (χ3n) is 4.57. The number of carbonyl (C=O) groups excluding carboxylic acids is 2.